The predicted octanol–water partition coefficient (Wildman–Crippen LogP) is 2.48. The Morgan fingerprint density at radius 3 is 2.50 bits per heavy atom. The molecule has 4 rings (SSSR count). The third kappa shape index (κ3) is 3.00. The molecule has 0 fully saturated rings. The molecule has 120 valence electrons. The number of aromatic nitrogens is 4. The molecule has 2 N–H and O–H groups in total. The Morgan fingerprint density at radius 2 is 1.75 bits per heavy atom. The number of Topliss-reactive ketones (excluding diaryl/α,β-unsaturated/α-hetero) is 1. The number of carbonyl (C=O) groups excluding carboxylic acids is 2. The number of methoxy groups -OCH3 is 1. The number of rotatable bonds is 2. The molecule has 0 unspecified atom stereocenters. The molecule has 0 aliphatic rings. The minimum Gasteiger partial charge on any atom is -0.463 e. The number of fused-ring (bicyclic) bond motifs is 2. The van der Waals surface area contributed by atoms with Crippen LogP contribution in [0.5, 0.6) is 0 Å². The summed E-state index contributed by atoms with van der Waals surface area (Å²) in [5, 5.41) is 1.78. The lowest BCUT2D eigenvalue weighted by Gasteiger charge is -1.95. The van der Waals surface area contributed by atoms with Gasteiger partial charge in [0.2, 0.25) is 0 Å². The van der Waals surface area contributed by atoms with Crippen LogP contribution in [0.25, 0.3) is 22.1 Å². The summed E-state index contributed by atoms with van der Waals surface area (Å²) in [6, 6.07) is 9.37. The number of nitrogens with zero attached hydrogens (tertiary/aromatic N) is 2. The van der Waals surface area contributed by atoms with E-state index in [1.54, 1.807) is 24.5 Å². The standard InChI is InChI=1S/C10H8N2O3.C7H6N2/c1-15-10(14)8(13)7-5-12-9-6(7)3-2-4-11-9;1-2-6-3-5-9-7(6)8-4-1/h2-5H,1H3,(H,11,12);1-5H,(H,8,9). The van der Waals surface area contributed by atoms with Crippen molar-refractivity contribution in [2.75, 3.05) is 7.11 Å². The van der Waals surface area contributed by atoms with Crippen molar-refractivity contribution in [1.29, 1.82) is 0 Å². The first-order valence-corrected chi connectivity index (χ1v) is 7.13. The molecule has 4 heterocycles. The van der Waals surface area contributed by atoms with Gasteiger partial charge >= 0.3 is 5.97 Å². The molecule has 0 spiro atoms. The molecule has 7 heteroatoms. The van der Waals surface area contributed by atoms with Gasteiger partial charge in [0.15, 0.2) is 0 Å². The lowest BCUT2D eigenvalue weighted by Crippen LogP contribution is -2.15. The smallest absolute Gasteiger partial charge is 0.379 e. The fraction of sp³-hybridized carbons (Fsp3) is 0.0588. The first-order valence-electron chi connectivity index (χ1n) is 7.13. The maximum absolute atomic E-state index is 11.5. The zero-order valence-corrected chi connectivity index (χ0v) is 12.8. The second-order valence-electron chi connectivity index (χ2n) is 4.84. The normalized spacial score (nSPS) is 10.2. The molecule has 0 saturated heterocycles. The second kappa shape index (κ2) is 6.74. The van der Waals surface area contributed by atoms with Crippen molar-refractivity contribution in [3.63, 3.8) is 0 Å². The summed E-state index contributed by atoms with van der Waals surface area (Å²) in [6.07, 6.45) is 6.72. The summed E-state index contributed by atoms with van der Waals surface area (Å²) < 4.78 is 4.36. The summed E-state index contributed by atoms with van der Waals surface area (Å²) in [6.45, 7) is 0. The van der Waals surface area contributed by atoms with Crippen LogP contribution in [0, 0.1) is 0 Å². The van der Waals surface area contributed by atoms with Gasteiger partial charge in [-0.1, -0.05) is 0 Å². The first kappa shape index (κ1) is 15.4. The minimum atomic E-state index is -0.875. The van der Waals surface area contributed by atoms with Crippen molar-refractivity contribution < 1.29 is 14.3 Å². The number of carbonyl (C=O) groups is 2. The van der Waals surface area contributed by atoms with Gasteiger partial charge in [-0.3, -0.25) is 4.79 Å². The number of esters is 1. The van der Waals surface area contributed by atoms with E-state index >= 15 is 0 Å². The van der Waals surface area contributed by atoms with E-state index in [1.807, 2.05) is 24.4 Å². The maximum Gasteiger partial charge on any atom is 0.379 e. The lowest BCUT2D eigenvalue weighted by molar-refractivity contribution is -0.135. The second-order valence-corrected chi connectivity index (χ2v) is 4.84. The van der Waals surface area contributed by atoms with Gasteiger partial charge in [0.05, 0.1) is 12.7 Å². The first-order chi connectivity index (χ1) is 11.7. The number of hydrogen-bond donors (Lipinski definition) is 2. The van der Waals surface area contributed by atoms with Crippen LogP contribution in [-0.4, -0.2) is 38.8 Å². The van der Waals surface area contributed by atoms with Crippen LogP contribution < -0.4 is 0 Å². The summed E-state index contributed by atoms with van der Waals surface area (Å²) in [4.78, 5) is 36.5. The van der Waals surface area contributed by atoms with Gasteiger partial charge in [-0.25, -0.2) is 14.8 Å². The van der Waals surface area contributed by atoms with E-state index < -0.39 is 11.8 Å². The summed E-state index contributed by atoms with van der Waals surface area (Å²) >= 11 is 0. The average Bonchev–Trinajstić information content (AvgIpc) is 3.27. The summed E-state index contributed by atoms with van der Waals surface area (Å²) in [5.41, 5.74) is 1.81. The number of hydrogen-bond acceptors (Lipinski definition) is 5. The molecule has 0 aliphatic heterocycles. The number of ether oxygens (including phenoxy) is 1. The van der Waals surface area contributed by atoms with Gasteiger partial charge in [-0.15, -0.1) is 0 Å². The molecule has 0 aliphatic carbocycles. The predicted molar refractivity (Wildman–Crippen MR) is 88.5 cm³/mol. The van der Waals surface area contributed by atoms with Crippen molar-refractivity contribution in [2.45, 2.75) is 0 Å². The van der Waals surface area contributed by atoms with Gasteiger partial charge in [-0.2, -0.15) is 0 Å². The Bertz CT molecular complexity index is 973. The number of ketones is 1. The van der Waals surface area contributed by atoms with E-state index in [-0.39, 0.29) is 5.56 Å². The third-order valence-electron chi connectivity index (χ3n) is 3.39. The van der Waals surface area contributed by atoms with E-state index in [0.717, 1.165) is 11.0 Å². The van der Waals surface area contributed by atoms with Crippen molar-refractivity contribution in [2.24, 2.45) is 0 Å². The van der Waals surface area contributed by atoms with Crippen molar-refractivity contribution in [3.05, 3.63) is 60.7 Å². The highest BCUT2D eigenvalue weighted by Gasteiger charge is 2.20. The Kier molecular flexibility index (Phi) is 4.33. The van der Waals surface area contributed by atoms with Crippen LogP contribution in [0.15, 0.2) is 55.1 Å². The quantitative estimate of drug-likeness (QED) is 0.335. The van der Waals surface area contributed by atoms with Crippen molar-refractivity contribution in [3.8, 4) is 0 Å². The maximum atomic E-state index is 11.5. The molecule has 4 aromatic heterocycles. The number of pyridine rings is 2. The van der Waals surface area contributed by atoms with Crippen molar-refractivity contribution in [1.82, 2.24) is 19.9 Å². The SMILES string of the molecule is COC(=O)C(=O)c1c[nH]c2ncccc12.c1cnc2[nH]ccc2c1. The molecule has 0 atom stereocenters. The molecule has 4 aromatic rings. The van der Waals surface area contributed by atoms with Gasteiger partial charge in [0.25, 0.3) is 5.78 Å². The Morgan fingerprint density at radius 1 is 1.00 bits per heavy atom. The van der Waals surface area contributed by atoms with Crippen LogP contribution in [0.1, 0.15) is 10.4 Å². The average molecular weight is 322 g/mol. The van der Waals surface area contributed by atoms with E-state index in [1.165, 1.54) is 13.3 Å². The lowest BCUT2D eigenvalue weighted by atomic mass is 10.1. The summed E-state index contributed by atoms with van der Waals surface area (Å²) in [5.74, 6) is -1.54. The number of nitrogens with one attached hydrogen (secondary N) is 2. The highest BCUT2D eigenvalue weighted by atomic mass is 16.5. The Labute approximate surface area is 136 Å². The van der Waals surface area contributed by atoms with Gasteiger partial charge in [-0.05, 0) is 30.3 Å². The topological polar surface area (TPSA) is 101 Å². The largest absolute Gasteiger partial charge is 0.463 e. The monoisotopic (exact) mass is 322 g/mol. The fourth-order valence-electron chi connectivity index (χ4n) is 2.23. The molecule has 0 saturated carbocycles. The molecule has 0 aromatic carbocycles. The van der Waals surface area contributed by atoms with E-state index in [9.17, 15) is 9.59 Å². The van der Waals surface area contributed by atoms with Crippen LogP contribution in [0.4, 0.5) is 0 Å². The minimum absolute atomic E-state index is 0.282. The molecule has 0 radical (unpaired) electrons. The van der Waals surface area contributed by atoms with Crippen molar-refractivity contribution >= 4 is 33.8 Å². The highest BCUT2D eigenvalue weighted by molar-refractivity contribution is 6.42. The van der Waals surface area contributed by atoms with Crippen LogP contribution in [0.3, 0.4) is 0 Å². The number of H-pyrrole nitrogens is 2. The summed E-state index contributed by atoms with van der Waals surface area (Å²) in [7, 11) is 1.17. The molecule has 7 nitrogen and oxygen atoms in total. The molecule has 0 amide bonds. The Hall–Kier alpha value is -3.48. The zero-order valence-electron chi connectivity index (χ0n) is 12.8. The number of aromatic amines is 2. The van der Waals surface area contributed by atoms with E-state index in [4.69, 9.17) is 0 Å². The fourth-order valence-corrected chi connectivity index (χ4v) is 2.23. The van der Waals surface area contributed by atoms with Crippen LogP contribution in [-0.2, 0) is 9.53 Å². The van der Waals surface area contributed by atoms with E-state index in [0.29, 0.717) is 11.0 Å². The Balaban J connectivity index is 0.000000159. The van der Waals surface area contributed by atoms with Gasteiger partial charge in [0.1, 0.15) is 11.3 Å². The highest BCUT2D eigenvalue weighted by Crippen LogP contribution is 2.16. The third-order valence-corrected chi connectivity index (χ3v) is 3.39. The zero-order chi connectivity index (χ0) is 16.9. The van der Waals surface area contributed by atoms with E-state index in [2.05, 4.69) is 24.7 Å². The van der Waals surface area contributed by atoms with Crippen LogP contribution >= 0.6 is 0 Å². The molecular formula is C17H14N4O3. The van der Waals surface area contributed by atoms with Gasteiger partial charge in [0, 0.05) is 35.6 Å². The molecule has 0 bridgehead atoms. The molecular weight excluding hydrogens is 308 g/mol. The van der Waals surface area contributed by atoms with Crippen LogP contribution in [0.2, 0.25) is 0 Å². The van der Waals surface area contributed by atoms with Gasteiger partial charge < -0.3 is 14.7 Å². The molecule has 24 heavy (non-hydrogen) atoms.